The van der Waals surface area contributed by atoms with Gasteiger partial charge in [-0.25, -0.2) is 0 Å². The van der Waals surface area contributed by atoms with Crippen LogP contribution in [-0.2, 0) is 6.54 Å². The summed E-state index contributed by atoms with van der Waals surface area (Å²) in [5.74, 6) is 0.803. The van der Waals surface area contributed by atoms with E-state index in [1.165, 1.54) is 12.8 Å². The Bertz CT molecular complexity index is 450. The quantitative estimate of drug-likeness (QED) is 0.827. The van der Waals surface area contributed by atoms with Crippen LogP contribution in [0.25, 0.3) is 0 Å². The van der Waals surface area contributed by atoms with E-state index in [9.17, 15) is 0 Å². The molecule has 1 aromatic carbocycles. The van der Waals surface area contributed by atoms with Gasteiger partial charge >= 0.3 is 0 Å². The summed E-state index contributed by atoms with van der Waals surface area (Å²) < 4.78 is 5.33. The number of hydrogen-bond acceptors (Lipinski definition) is 4. The van der Waals surface area contributed by atoms with E-state index in [2.05, 4.69) is 11.0 Å². The summed E-state index contributed by atoms with van der Waals surface area (Å²) in [7, 11) is 1.64. The smallest absolute Gasteiger partial charge is 0.123 e. The zero-order valence-corrected chi connectivity index (χ0v) is 10.6. The first-order valence-electron chi connectivity index (χ1n) is 6.20. The largest absolute Gasteiger partial charge is 0.496 e. The van der Waals surface area contributed by atoms with Crippen molar-refractivity contribution in [3.8, 4) is 11.8 Å². The van der Waals surface area contributed by atoms with Gasteiger partial charge in [-0.1, -0.05) is 0 Å². The van der Waals surface area contributed by atoms with Gasteiger partial charge in [0, 0.05) is 24.7 Å². The molecule has 0 radical (unpaired) electrons. The van der Waals surface area contributed by atoms with E-state index < -0.39 is 0 Å². The third-order valence-electron chi connectivity index (χ3n) is 3.23. The highest BCUT2D eigenvalue weighted by Crippen LogP contribution is 2.30. The first kappa shape index (κ1) is 12.9. The predicted molar refractivity (Wildman–Crippen MR) is 68.2 cm³/mol. The van der Waals surface area contributed by atoms with Gasteiger partial charge in [-0.05, 0) is 31.0 Å². The Labute approximate surface area is 107 Å². The van der Waals surface area contributed by atoms with Crippen molar-refractivity contribution >= 4 is 0 Å². The molecule has 1 aromatic rings. The maximum absolute atomic E-state index is 9.09. The molecule has 0 spiro atoms. The molecule has 0 saturated heterocycles. The number of rotatable bonds is 6. The molecule has 1 saturated carbocycles. The molecule has 0 aliphatic heterocycles. The van der Waals surface area contributed by atoms with Gasteiger partial charge in [-0.15, -0.1) is 0 Å². The summed E-state index contributed by atoms with van der Waals surface area (Å²) in [6, 6.07) is 8.18. The van der Waals surface area contributed by atoms with Gasteiger partial charge in [0.2, 0.25) is 0 Å². The molecule has 0 amide bonds. The lowest BCUT2D eigenvalue weighted by Gasteiger charge is -2.22. The van der Waals surface area contributed by atoms with E-state index in [1.54, 1.807) is 13.2 Å². The van der Waals surface area contributed by atoms with Crippen molar-refractivity contribution in [2.45, 2.75) is 25.4 Å². The Hall–Kier alpha value is -1.57. The second kappa shape index (κ2) is 5.85. The van der Waals surface area contributed by atoms with Crippen LogP contribution in [0.3, 0.4) is 0 Å². The van der Waals surface area contributed by atoms with E-state index >= 15 is 0 Å². The molecular formula is C14H18N2O2. The summed E-state index contributed by atoms with van der Waals surface area (Å²) in [5, 5.41) is 18.0. The lowest BCUT2D eigenvalue weighted by atomic mass is 10.1. The van der Waals surface area contributed by atoms with Gasteiger partial charge < -0.3 is 9.84 Å². The SMILES string of the molecule is COc1ccc(C#N)cc1CN(CCO)C1CC1. The number of aliphatic hydroxyl groups is 1. The Morgan fingerprint density at radius 1 is 1.50 bits per heavy atom. The van der Waals surface area contributed by atoms with Gasteiger partial charge in [-0.2, -0.15) is 5.26 Å². The predicted octanol–water partition coefficient (Wildman–Crippen LogP) is 1.52. The van der Waals surface area contributed by atoms with E-state index in [1.807, 2.05) is 12.1 Å². The van der Waals surface area contributed by atoms with E-state index in [0.29, 0.717) is 18.2 Å². The molecule has 1 N–H and O–H groups in total. The highest BCUT2D eigenvalue weighted by Gasteiger charge is 2.29. The highest BCUT2D eigenvalue weighted by molar-refractivity contribution is 5.42. The molecule has 0 unspecified atom stereocenters. The molecule has 4 heteroatoms. The number of hydrogen-bond donors (Lipinski definition) is 1. The van der Waals surface area contributed by atoms with Crippen LogP contribution in [0.15, 0.2) is 18.2 Å². The minimum atomic E-state index is 0.163. The van der Waals surface area contributed by atoms with Crippen molar-refractivity contribution in [2.75, 3.05) is 20.3 Å². The average molecular weight is 246 g/mol. The van der Waals surface area contributed by atoms with Gasteiger partial charge in [-0.3, -0.25) is 4.90 Å². The Balaban J connectivity index is 2.17. The molecule has 0 aromatic heterocycles. The zero-order valence-electron chi connectivity index (χ0n) is 10.6. The number of nitrogens with zero attached hydrogens (tertiary/aromatic N) is 2. The molecule has 1 fully saturated rings. The fraction of sp³-hybridized carbons (Fsp3) is 0.500. The number of methoxy groups -OCH3 is 1. The zero-order chi connectivity index (χ0) is 13.0. The highest BCUT2D eigenvalue weighted by atomic mass is 16.5. The monoisotopic (exact) mass is 246 g/mol. The lowest BCUT2D eigenvalue weighted by Crippen LogP contribution is -2.28. The van der Waals surface area contributed by atoms with Crippen LogP contribution in [0.2, 0.25) is 0 Å². The summed E-state index contributed by atoms with van der Waals surface area (Å²) in [6.07, 6.45) is 2.39. The molecule has 4 nitrogen and oxygen atoms in total. The van der Waals surface area contributed by atoms with Crippen LogP contribution in [0.4, 0.5) is 0 Å². The minimum absolute atomic E-state index is 0.163. The van der Waals surface area contributed by atoms with Gasteiger partial charge in [0.25, 0.3) is 0 Å². The molecule has 0 heterocycles. The maximum Gasteiger partial charge on any atom is 0.123 e. The van der Waals surface area contributed by atoms with Crippen LogP contribution in [-0.4, -0.2) is 36.3 Å². The van der Waals surface area contributed by atoms with Crippen LogP contribution in [0, 0.1) is 11.3 Å². The van der Waals surface area contributed by atoms with E-state index in [-0.39, 0.29) is 6.61 Å². The summed E-state index contributed by atoms with van der Waals surface area (Å²) in [5.41, 5.74) is 1.66. The van der Waals surface area contributed by atoms with Crippen LogP contribution >= 0.6 is 0 Å². The lowest BCUT2D eigenvalue weighted by molar-refractivity contribution is 0.182. The summed E-state index contributed by atoms with van der Waals surface area (Å²) in [4.78, 5) is 2.25. The molecule has 1 aliphatic carbocycles. The van der Waals surface area contributed by atoms with Crippen molar-refractivity contribution in [3.05, 3.63) is 29.3 Å². The first-order valence-corrected chi connectivity index (χ1v) is 6.20. The Morgan fingerprint density at radius 2 is 2.28 bits per heavy atom. The maximum atomic E-state index is 9.09. The van der Waals surface area contributed by atoms with Crippen molar-refractivity contribution < 1.29 is 9.84 Å². The third-order valence-corrected chi connectivity index (χ3v) is 3.23. The van der Waals surface area contributed by atoms with Crippen LogP contribution in [0.1, 0.15) is 24.0 Å². The minimum Gasteiger partial charge on any atom is -0.496 e. The molecule has 0 bridgehead atoms. The van der Waals surface area contributed by atoms with Crippen molar-refractivity contribution in [1.82, 2.24) is 4.90 Å². The third kappa shape index (κ3) is 3.00. The van der Waals surface area contributed by atoms with Crippen LogP contribution in [0.5, 0.6) is 5.75 Å². The average Bonchev–Trinajstić information content (AvgIpc) is 3.22. The number of ether oxygens (including phenoxy) is 1. The standard InChI is InChI=1S/C14H18N2O2/c1-18-14-5-2-11(9-15)8-12(14)10-16(6-7-17)13-3-4-13/h2,5,8,13,17H,3-4,6-7,10H2,1H3. The second-order valence-corrected chi connectivity index (χ2v) is 4.56. The fourth-order valence-corrected chi connectivity index (χ4v) is 2.15. The van der Waals surface area contributed by atoms with Gasteiger partial charge in [0.15, 0.2) is 0 Å². The molecule has 2 rings (SSSR count). The number of benzene rings is 1. The van der Waals surface area contributed by atoms with E-state index in [4.69, 9.17) is 15.1 Å². The molecule has 0 atom stereocenters. The fourth-order valence-electron chi connectivity index (χ4n) is 2.15. The normalized spacial score (nSPS) is 14.6. The Kier molecular flexibility index (Phi) is 4.19. The molecular weight excluding hydrogens is 228 g/mol. The molecule has 96 valence electrons. The topological polar surface area (TPSA) is 56.5 Å². The van der Waals surface area contributed by atoms with Crippen molar-refractivity contribution in [1.29, 1.82) is 5.26 Å². The van der Waals surface area contributed by atoms with Gasteiger partial charge in [0.1, 0.15) is 5.75 Å². The number of nitriles is 1. The summed E-state index contributed by atoms with van der Waals surface area (Å²) >= 11 is 0. The van der Waals surface area contributed by atoms with Gasteiger partial charge in [0.05, 0.1) is 25.3 Å². The van der Waals surface area contributed by atoms with Crippen molar-refractivity contribution in [2.24, 2.45) is 0 Å². The summed E-state index contributed by atoms with van der Waals surface area (Å²) in [6.45, 7) is 1.56. The number of aliphatic hydroxyl groups excluding tert-OH is 1. The first-order chi connectivity index (χ1) is 8.78. The van der Waals surface area contributed by atoms with Crippen LogP contribution < -0.4 is 4.74 Å². The van der Waals surface area contributed by atoms with E-state index in [0.717, 1.165) is 17.9 Å². The molecule has 18 heavy (non-hydrogen) atoms. The second-order valence-electron chi connectivity index (χ2n) is 4.56. The Morgan fingerprint density at radius 3 is 2.83 bits per heavy atom. The van der Waals surface area contributed by atoms with Crippen molar-refractivity contribution in [3.63, 3.8) is 0 Å². The molecule has 1 aliphatic rings.